The maximum absolute atomic E-state index is 12.5. The van der Waals surface area contributed by atoms with E-state index >= 15 is 0 Å². The number of ketones is 1. The number of rotatable bonds is 6. The molecule has 0 unspecified atom stereocenters. The van der Waals surface area contributed by atoms with E-state index in [2.05, 4.69) is 34.6 Å². The summed E-state index contributed by atoms with van der Waals surface area (Å²) in [7, 11) is 0. The Morgan fingerprint density at radius 1 is 1.15 bits per heavy atom. The van der Waals surface area contributed by atoms with E-state index in [4.69, 9.17) is 0 Å². The van der Waals surface area contributed by atoms with E-state index < -0.39 is 0 Å². The molecule has 0 aromatic rings. The molecule has 2 nitrogen and oxygen atoms in total. The fourth-order valence-corrected chi connectivity index (χ4v) is 3.37. The predicted octanol–water partition coefficient (Wildman–Crippen LogP) is 5.43. The van der Waals surface area contributed by atoms with E-state index in [1.165, 1.54) is 0 Å². The molecule has 116 valence electrons. The molecule has 1 N–H and O–H groups in total. The van der Waals surface area contributed by atoms with Gasteiger partial charge in [0, 0.05) is 17.4 Å². The Morgan fingerprint density at radius 2 is 1.60 bits per heavy atom. The Bertz CT molecular complexity index is 343. The van der Waals surface area contributed by atoms with Crippen molar-refractivity contribution >= 4 is 5.78 Å². The molecule has 0 saturated heterocycles. The summed E-state index contributed by atoms with van der Waals surface area (Å²) in [5.74, 6) is 0.632. The van der Waals surface area contributed by atoms with Crippen molar-refractivity contribution in [2.45, 2.75) is 79.6 Å². The number of aliphatic hydroxyl groups excluding tert-OH is 1. The SMILES string of the molecule is CCC(CC)(CC)C(=O)/C=C(\O)C1CCC(C)(C)CC1. The average molecular weight is 280 g/mol. The minimum atomic E-state index is -0.276. The van der Waals surface area contributed by atoms with Crippen molar-refractivity contribution in [1.29, 1.82) is 0 Å². The minimum Gasteiger partial charge on any atom is -0.512 e. The zero-order valence-corrected chi connectivity index (χ0v) is 14.0. The normalized spacial score (nSPS) is 20.9. The van der Waals surface area contributed by atoms with E-state index in [1.807, 2.05) is 0 Å². The largest absolute Gasteiger partial charge is 0.512 e. The minimum absolute atomic E-state index is 0.118. The highest BCUT2D eigenvalue weighted by molar-refractivity contribution is 5.95. The first kappa shape index (κ1) is 17.3. The Balaban J connectivity index is 2.76. The molecule has 0 atom stereocenters. The monoisotopic (exact) mass is 280 g/mol. The molecule has 2 heteroatoms. The Labute approximate surface area is 124 Å². The van der Waals surface area contributed by atoms with E-state index in [1.54, 1.807) is 6.08 Å². The molecule has 1 aliphatic carbocycles. The number of carbonyl (C=O) groups is 1. The van der Waals surface area contributed by atoms with Gasteiger partial charge in [-0.05, 0) is 50.4 Å². The van der Waals surface area contributed by atoms with E-state index in [-0.39, 0.29) is 17.1 Å². The zero-order chi connectivity index (χ0) is 15.4. The second-order valence-corrected chi connectivity index (χ2v) is 7.21. The van der Waals surface area contributed by atoms with Crippen LogP contribution < -0.4 is 0 Å². The van der Waals surface area contributed by atoms with Crippen LogP contribution in [-0.4, -0.2) is 10.9 Å². The van der Waals surface area contributed by atoms with Gasteiger partial charge >= 0.3 is 0 Å². The molecule has 0 aromatic carbocycles. The van der Waals surface area contributed by atoms with Gasteiger partial charge in [-0.1, -0.05) is 34.6 Å². The third-order valence-electron chi connectivity index (χ3n) is 5.59. The van der Waals surface area contributed by atoms with Gasteiger partial charge in [0.1, 0.15) is 0 Å². The summed E-state index contributed by atoms with van der Waals surface area (Å²) in [5, 5.41) is 10.3. The number of carbonyl (C=O) groups excluding carboxylic acids is 1. The van der Waals surface area contributed by atoms with Crippen LogP contribution in [0.1, 0.15) is 79.6 Å². The van der Waals surface area contributed by atoms with Crippen LogP contribution in [-0.2, 0) is 4.79 Å². The molecule has 20 heavy (non-hydrogen) atoms. The zero-order valence-electron chi connectivity index (χ0n) is 14.0. The summed E-state index contributed by atoms with van der Waals surface area (Å²) in [6, 6.07) is 0. The van der Waals surface area contributed by atoms with Gasteiger partial charge in [0.15, 0.2) is 5.78 Å². The van der Waals surface area contributed by atoms with Crippen LogP contribution in [0.3, 0.4) is 0 Å². The average Bonchev–Trinajstić information content (AvgIpc) is 2.41. The molecule has 0 aromatic heterocycles. The Morgan fingerprint density at radius 3 is 2.00 bits per heavy atom. The van der Waals surface area contributed by atoms with Crippen LogP contribution in [0.15, 0.2) is 11.8 Å². The molecule has 0 bridgehead atoms. The summed E-state index contributed by atoms with van der Waals surface area (Å²) in [6.07, 6.45) is 8.34. The molecular weight excluding hydrogens is 248 g/mol. The molecule has 1 rings (SSSR count). The summed E-state index contributed by atoms with van der Waals surface area (Å²) in [5.41, 5.74) is 0.114. The van der Waals surface area contributed by atoms with Crippen molar-refractivity contribution < 1.29 is 9.90 Å². The summed E-state index contributed by atoms with van der Waals surface area (Å²) in [6.45, 7) is 10.8. The number of aliphatic hydroxyl groups is 1. The second-order valence-electron chi connectivity index (χ2n) is 7.21. The van der Waals surface area contributed by atoms with Crippen molar-refractivity contribution in [3.63, 3.8) is 0 Å². The molecule has 0 aliphatic heterocycles. The quantitative estimate of drug-likeness (QED) is 0.520. The van der Waals surface area contributed by atoms with Crippen LogP contribution in [0, 0.1) is 16.7 Å². The van der Waals surface area contributed by atoms with Crippen LogP contribution in [0.4, 0.5) is 0 Å². The van der Waals surface area contributed by atoms with E-state index in [0.717, 1.165) is 44.9 Å². The summed E-state index contributed by atoms with van der Waals surface area (Å²) < 4.78 is 0. The molecule has 0 spiro atoms. The fourth-order valence-electron chi connectivity index (χ4n) is 3.37. The second kappa shape index (κ2) is 6.78. The lowest BCUT2D eigenvalue weighted by Crippen LogP contribution is -2.29. The smallest absolute Gasteiger partial charge is 0.165 e. The Kier molecular flexibility index (Phi) is 5.85. The summed E-state index contributed by atoms with van der Waals surface area (Å²) >= 11 is 0. The number of allylic oxidation sites excluding steroid dienone is 2. The lowest BCUT2D eigenvalue weighted by molar-refractivity contribution is -0.124. The number of hydrogen-bond donors (Lipinski definition) is 1. The van der Waals surface area contributed by atoms with Gasteiger partial charge in [0.2, 0.25) is 0 Å². The molecule has 0 radical (unpaired) electrons. The van der Waals surface area contributed by atoms with Crippen LogP contribution in [0.5, 0.6) is 0 Å². The number of hydrogen-bond acceptors (Lipinski definition) is 2. The Hall–Kier alpha value is -0.790. The lowest BCUT2D eigenvalue weighted by Gasteiger charge is -2.34. The van der Waals surface area contributed by atoms with Gasteiger partial charge in [0.05, 0.1) is 5.76 Å². The third kappa shape index (κ3) is 3.86. The van der Waals surface area contributed by atoms with Gasteiger partial charge in [0.25, 0.3) is 0 Å². The first-order valence-electron chi connectivity index (χ1n) is 8.25. The first-order valence-corrected chi connectivity index (χ1v) is 8.25. The van der Waals surface area contributed by atoms with Crippen molar-refractivity contribution in [1.82, 2.24) is 0 Å². The summed E-state index contributed by atoms with van der Waals surface area (Å²) in [4.78, 5) is 12.5. The first-order chi connectivity index (χ1) is 9.30. The maximum Gasteiger partial charge on any atom is 0.165 e. The molecule has 1 fully saturated rings. The molecule has 1 saturated carbocycles. The highest BCUT2D eigenvalue weighted by Crippen LogP contribution is 2.40. The molecule has 0 heterocycles. The van der Waals surface area contributed by atoms with Gasteiger partial charge in [-0.2, -0.15) is 0 Å². The van der Waals surface area contributed by atoms with Gasteiger partial charge in [-0.25, -0.2) is 0 Å². The molecule has 0 amide bonds. The maximum atomic E-state index is 12.5. The van der Waals surface area contributed by atoms with E-state index in [9.17, 15) is 9.90 Å². The van der Waals surface area contributed by atoms with E-state index in [0.29, 0.717) is 11.2 Å². The standard InChI is InChI=1S/C18H32O2/c1-6-18(7-2,8-3)16(20)13-15(19)14-9-11-17(4,5)12-10-14/h13-14,19H,6-12H2,1-5H3/b15-13-. The van der Waals surface area contributed by atoms with Crippen molar-refractivity contribution in [2.24, 2.45) is 16.7 Å². The van der Waals surface area contributed by atoms with Crippen LogP contribution in [0.25, 0.3) is 0 Å². The third-order valence-corrected chi connectivity index (χ3v) is 5.59. The van der Waals surface area contributed by atoms with Gasteiger partial charge < -0.3 is 5.11 Å². The van der Waals surface area contributed by atoms with Gasteiger partial charge in [-0.3, -0.25) is 4.79 Å². The predicted molar refractivity (Wildman–Crippen MR) is 84.8 cm³/mol. The highest BCUT2D eigenvalue weighted by Gasteiger charge is 2.33. The molecular formula is C18H32O2. The van der Waals surface area contributed by atoms with Gasteiger partial charge in [-0.15, -0.1) is 0 Å². The topological polar surface area (TPSA) is 37.3 Å². The van der Waals surface area contributed by atoms with Crippen molar-refractivity contribution in [3.8, 4) is 0 Å². The van der Waals surface area contributed by atoms with Crippen LogP contribution >= 0.6 is 0 Å². The lowest BCUT2D eigenvalue weighted by atomic mass is 9.71. The van der Waals surface area contributed by atoms with Crippen LogP contribution in [0.2, 0.25) is 0 Å². The highest BCUT2D eigenvalue weighted by atomic mass is 16.3. The fraction of sp³-hybridized carbons (Fsp3) is 0.833. The molecule has 1 aliphatic rings. The van der Waals surface area contributed by atoms with Crippen molar-refractivity contribution in [3.05, 3.63) is 11.8 Å². The van der Waals surface area contributed by atoms with Crippen molar-refractivity contribution in [2.75, 3.05) is 0 Å².